The van der Waals surface area contributed by atoms with Gasteiger partial charge in [0.15, 0.2) is 0 Å². The summed E-state index contributed by atoms with van der Waals surface area (Å²) in [7, 11) is 1.42. The zero-order valence-corrected chi connectivity index (χ0v) is 8.94. The van der Waals surface area contributed by atoms with E-state index in [1.807, 2.05) is 6.07 Å². The van der Waals surface area contributed by atoms with E-state index in [9.17, 15) is 14.3 Å². The average Bonchev–Trinajstić information content (AvgIpc) is 2.29. The Labute approximate surface area is 92.5 Å². The van der Waals surface area contributed by atoms with Crippen LogP contribution < -0.4 is 0 Å². The Balaban J connectivity index is 3.06. The van der Waals surface area contributed by atoms with Gasteiger partial charge in [0.2, 0.25) is 0 Å². The van der Waals surface area contributed by atoms with Gasteiger partial charge in [-0.1, -0.05) is 0 Å². The van der Waals surface area contributed by atoms with Crippen molar-refractivity contribution in [1.29, 1.82) is 5.26 Å². The predicted octanol–water partition coefficient (Wildman–Crippen LogP) is 1.52. The summed E-state index contributed by atoms with van der Waals surface area (Å²) >= 11 is 0. The van der Waals surface area contributed by atoms with Crippen molar-refractivity contribution < 1.29 is 14.3 Å². The Bertz CT molecular complexity index is 454. The van der Waals surface area contributed by atoms with Crippen LogP contribution in [-0.4, -0.2) is 29.0 Å². The molecule has 0 aliphatic heterocycles. The first-order valence-electron chi connectivity index (χ1n) is 4.62. The highest BCUT2D eigenvalue weighted by molar-refractivity contribution is 5.97. The molecule has 4 nitrogen and oxygen atoms in total. The molecular formula is C11H11FN2O2. The van der Waals surface area contributed by atoms with E-state index in [1.165, 1.54) is 14.0 Å². The van der Waals surface area contributed by atoms with Crippen LogP contribution in [0.1, 0.15) is 17.3 Å². The molecule has 1 amide bonds. The zero-order chi connectivity index (χ0) is 12.3. The van der Waals surface area contributed by atoms with Gasteiger partial charge in [-0.05, 0) is 25.1 Å². The third-order valence-electron chi connectivity index (χ3n) is 2.28. The van der Waals surface area contributed by atoms with E-state index in [0.717, 1.165) is 23.1 Å². The molecule has 0 spiro atoms. The van der Waals surface area contributed by atoms with E-state index in [0.29, 0.717) is 0 Å². The van der Waals surface area contributed by atoms with Gasteiger partial charge in [0.05, 0.1) is 11.6 Å². The summed E-state index contributed by atoms with van der Waals surface area (Å²) in [5, 5.41) is 18.1. The van der Waals surface area contributed by atoms with E-state index in [-0.39, 0.29) is 11.3 Å². The summed E-state index contributed by atoms with van der Waals surface area (Å²) in [6.07, 6.45) is 0. The first-order valence-corrected chi connectivity index (χ1v) is 4.62. The minimum absolute atomic E-state index is 0.149. The number of carbonyl (C=O) groups is 1. The van der Waals surface area contributed by atoms with Gasteiger partial charge in [0.1, 0.15) is 17.6 Å². The summed E-state index contributed by atoms with van der Waals surface area (Å²) in [5.74, 6) is -1.51. The minimum atomic E-state index is -0.643. The fourth-order valence-corrected chi connectivity index (χ4v) is 1.13. The van der Waals surface area contributed by atoms with Gasteiger partial charge >= 0.3 is 0 Å². The lowest BCUT2D eigenvalue weighted by molar-refractivity contribution is 0.0769. The fraction of sp³-hybridized carbons (Fsp3) is 0.273. The molecule has 16 heavy (non-hydrogen) atoms. The average molecular weight is 222 g/mol. The van der Waals surface area contributed by atoms with Crippen molar-refractivity contribution in [2.75, 3.05) is 7.05 Å². The maximum absolute atomic E-state index is 12.9. The molecule has 1 N–H and O–H groups in total. The van der Waals surface area contributed by atoms with Gasteiger partial charge in [-0.2, -0.15) is 5.26 Å². The Morgan fingerprint density at radius 3 is 2.81 bits per heavy atom. The normalized spacial score (nSPS) is 11.6. The molecule has 5 heteroatoms. The monoisotopic (exact) mass is 222 g/mol. The van der Waals surface area contributed by atoms with Crippen molar-refractivity contribution in [3.63, 3.8) is 0 Å². The van der Waals surface area contributed by atoms with E-state index < -0.39 is 17.8 Å². The SMILES string of the molecule is CC(C#N)N(C)C(=O)c1cc(F)ccc1O. The molecule has 0 aliphatic rings. The number of phenolic OH excluding ortho intramolecular Hbond substituents is 1. The van der Waals surface area contributed by atoms with Crippen LogP contribution in [0.4, 0.5) is 4.39 Å². The third-order valence-corrected chi connectivity index (χ3v) is 2.28. The maximum atomic E-state index is 12.9. The number of aromatic hydroxyl groups is 1. The molecule has 0 aliphatic carbocycles. The predicted molar refractivity (Wildman–Crippen MR) is 55.2 cm³/mol. The highest BCUT2D eigenvalue weighted by Gasteiger charge is 2.20. The summed E-state index contributed by atoms with van der Waals surface area (Å²) < 4.78 is 12.9. The molecule has 0 aromatic heterocycles. The first-order chi connectivity index (χ1) is 7.47. The second-order valence-corrected chi connectivity index (χ2v) is 3.38. The number of benzene rings is 1. The molecule has 84 valence electrons. The minimum Gasteiger partial charge on any atom is -0.507 e. The van der Waals surface area contributed by atoms with Crippen LogP contribution in [0.2, 0.25) is 0 Å². The van der Waals surface area contributed by atoms with Gasteiger partial charge in [-0.15, -0.1) is 0 Å². The first kappa shape index (κ1) is 12.0. The van der Waals surface area contributed by atoms with Gasteiger partial charge in [-0.3, -0.25) is 4.79 Å². The Kier molecular flexibility index (Phi) is 3.46. The van der Waals surface area contributed by atoms with Crippen LogP contribution in [0.15, 0.2) is 18.2 Å². The largest absolute Gasteiger partial charge is 0.507 e. The van der Waals surface area contributed by atoms with Crippen LogP contribution in [0.3, 0.4) is 0 Å². The highest BCUT2D eigenvalue weighted by Crippen LogP contribution is 2.19. The number of carbonyl (C=O) groups excluding carboxylic acids is 1. The molecule has 1 aromatic carbocycles. The molecule has 1 aromatic rings. The molecule has 1 rings (SSSR count). The molecular weight excluding hydrogens is 211 g/mol. The third kappa shape index (κ3) is 2.28. The number of rotatable bonds is 2. The zero-order valence-electron chi connectivity index (χ0n) is 8.94. The van der Waals surface area contributed by atoms with Crippen LogP contribution in [0.5, 0.6) is 5.75 Å². The molecule has 0 bridgehead atoms. The van der Waals surface area contributed by atoms with E-state index in [1.54, 1.807) is 0 Å². The fourth-order valence-electron chi connectivity index (χ4n) is 1.13. The van der Waals surface area contributed by atoms with Gasteiger partial charge < -0.3 is 10.0 Å². The topological polar surface area (TPSA) is 64.3 Å². The number of nitriles is 1. The summed E-state index contributed by atoms with van der Waals surface area (Å²) in [4.78, 5) is 12.9. The maximum Gasteiger partial charge on any atom is 0.258 e. The van der Waals surface area contributed by atoms with Crippen molar-refractivity contribution in [1.82, 2.24) is 4.90 Å². The lowest BCUT2D eigenvalue weighted by atomic mass is 10.1. The highest BCUT2D eigenvalue weighted by atomic mass is 19.1. The molecule has 0 saturated heterocycles. The molecule has 1 atom stereocenters. The molecule has 0 heterocycles. The molecule has 0 saturated carbocycles. The van der Waals surface area contributed by atoms with E-state index in [2.05, 4.69) is 0 Å². The number of hydrogen-bond acceptors (Lipinski definition) is 3. The quantitative estimate of drug-likeness (QED) is 0.825. The lowest BCUT2D eigenvalue weighted by Gasteiger charge is -2.19. The second kappa shape index (κ2) is 4.62. The molecule has 0 radical (unpaired) electrons. The van der Waals surface area contributed by atoms with Crippen LogP contribution in [-0.2, 0) is 0 Å². The Morgan fingerprint density at radius 1 is 1.62 bits per heavy atom. The number of hydrogen-bond donors (Lipinski definition) is 1. The van der Waals surface area contributed by atoms with Gasteiger partial charge in [0.25, 0.3) is 5.91 Å². The van der Waals surface area contributed by atoms with Crippen molar-refractivity contribution in [3.05, 3.63) is 29.6 Å². The van der Waals surface area contributed by atoms with Crippen LogP contribution in [0, 0.1) is 17.1 Å². The molecule has 1 unspecified atom stereocenters. The van der Waals surface area contributed by atoms with Crippen LogP contribution in [0.25, 0.3) is 0 Å². The summed E-state index contributed by atoms with van der Waals surface area (Å²) in [6, 6.07) is 4.34. The summed E-state index contributed by atoms with van der Waals surface area (Å²) in [6.45, 7) is 1.54. The summed E-state index contributed by atoms with van der Waals surface area (Å²) in [5.41, 5.74) is -0.149. The van der Waals surface area contributed by atoms with Crippen LogP contribution >= 0.6 is 0 Å². The van der Waals surface area contributed by atoms with E-state index in [4.69, 9.17) is 5.26 Å². The van der Waals surface area contributed by atoms with Crippen molar-refractivity contribution in [2.45, 2.75) is 13.0 Å². The van der Waals surface area contributed by atoms with Crippen molar-refractivity contribution >= 4 is 5.91 Å². The van der Waals surface area contributed by atoms with Crippen molar-refractivity contribution in [2.24, 2.45) is 0 Å². The standard InChI is InChI=1S/C11H11FN2O2/c1-7(6-13)14(2)11(16)9-5-8(12)3-4-10(9)15/h3-5,7,15H,1-2H3. The number of phenols is 1. The van der Waals surface area contributed by atoms with Gasteiger partial charge in [-0.25, -0.2) is 4.39 Å². The van der Waals surface area contributed by atoms with E-state index >= 15 is 0 Å². The number of nitrogens with zero attached hydrogens (tertiary/aromatic N) is 2. The Hall–Kier alpha value is -2.09. The smallest absolute Gasteiger partial charge is 0.258 e. The molecule has 0 fully saturated rings. The number of amides is 1. The Morgan fingerprint density at radius 2 is 2.25 bits per heavy atom. The second-order valence-electron chi connectivity index (χ2n) is 3.38. The van der Waals surface area contributed by atoms with Crippen molar-refractivity contribution in [3.8, 4) is 11.8 Å². The lowest BCUT2D eigenvalue weighted by Crippen LogP contribution is -2.34. The number of halogens is 1. The van der Waals surface area contributed by atoms with Gasteiger partial charge in [0, 0.05) is 7.05 Å².